The summed E-state index contributed by atoms with van der Waals surface area (Å²) in [6, 6.07) is 7.80. The first kappa shape index (κ1) is 22.3. The minimum Gasteiger partial charge on any atom is -0.490 e. The van der Waals surface area contributed by atoms with E-state index in [0.29, 0.717) is 19.0 Å². The summed E-state index contributed by atoms with van der Waals surface area (Å²) in [6.45, 7) is 9.22. The third-order valence-electron chi connectivity index (χ3n) is 4.57. The fraction of sp³-hybridized carbons (Fsp3) is 0.391. The van der Waals surface area contributed by atoms with Crippen LogP contribution in [0.3, 0.4) is 0 Å². The van der Waals surface area contributed by atoms with Gasteiger partial charge in [0.1, 0.15) is 5.01 Å². The Bertz CT molecular complexity index is 951. The van der Waals surface area contributed by atoms with E-state index in [1.165, 1.54) is 0 Å². The van der Waals surface area contributed by atoms with Crippen LogP contribution in [0.2, 0.25) is 0 Å². The fourth-order valence-electron chi connectivity index (χ4n) is 3.19. The summed E-state index contributed by atoms with van der Waals surface area (Å²) in [7, 11) is 0. The topological polar surface area (TPSA) is 60.5 Å². The quantitative estimate of drug-likeness (QED) is 0.434. The van der Waals surface area contributed by atoms with Gasteiger partial charge in [0.2, 0.25) is 5.91 Å². The van der Waals surface area contributed by atoms with E-state index in [1.807, 2.05) is 48.9 Å². The maximum absolute atomic E-state index is 12.8. The molecule has 1 unspecified atom stereocenters. The van der Waals surface area contributed by atoms with Gasteiger partial charge in [0, 0.05) is 16.3 Å². The molecule has 0 spiro atoms. The first-order chi connectivity index (χ1) is 14.5. The molecule has 0 aliphatic carbocycles. The zero-order valence-electron chi connectivity index (χ0n) is 17.8. The maximum Gasteiger partial charge on any atom is 0.226 e. The molecule has 1 N–H and O–H groups in total. The van der Waals surface area contributed by atoms with Crippen molar-refractivity contribution in [2.24, 2.45) is 5.92 Å². The smallest absolute Gasteiger partial charge is 0.226 e. The molecule has 7 heteroatoms. The van der Waals surface area contributed by atoms with E-state index < -0.39 is 0 Å². The molecular weight excluding hydrogens is 416 g/mol. The number of nitrogens with one attached hydrogen (secondary N) is 1. The van der Waals surface area contributed by atoms with Crippen molar-refractivity contribution in [2.45, 2.75) is 40.2 Å². The number of ether oxygens (including phenoxy) is 2. The third-order valence-corrected chi connectivity index (χ3v) is 6.19. The van der Waals surface area contributed by atoms with Gasteiger partial charge in [0.25, 0.3) is 0 Å². The highest BCUT2D eigenvalue weighted by Crippen LogP contribution is 2.33. The van der Waals surface area contributed by atoms with Crippen molar-refractivity contribution in [1.82, 2.24) is 10.3 Å². The molecule has 30 heavy (non-hydrogen) atoms. The molecule has 0 radical (unpaired) electrons. The van der Waals surface area contributed by atoms with Crippen LogP contribution in [0.25, 0.3) is 10.6 Å². The van der Waals surface area contributed by atoms with Gasteiger partial charge in [-0.25, -0.2) is 4.98 Å². The summed E-state index contributed by atoms with van der Waals surface area (Å²) >= 11 is 3.21. The normalized spacial score (nSPS) is 12.0. The summed E-state index contributed by atoms with van der Waals surface area (Å²) in [5.74, 6) is 1.61. The number of hydrogen-bond donors (Lipinski definition) is 1. The minimum absolute atomic E-state index is 0.0392. The van der Waals surface area contributed by atoms with Crippen LogP contribution in [0.1, 0.15) is 45.0 Å². The molecule has 0 saturated carbocycles. The first-order valence-electron chi connectivity index (χ1n) is 10.2. The van der Waals surface area contributed by atoms with Crippen molar-refractivity contribution in [3.63, 3.8) is 0 Å². The molecule has 2 heterocycles. The SMILES string of the molecule is CCOc1ccc(C(NC(=O)Cc2csc(-c3ccsc3)n2)C(C)C)cc1OCC. The second kappa shape index (κ2) is 10.6. The highest BCUT2D eigenvalue weighted by molar-refractivity contribution is 7.14. The number of nitrogens with zero attached hydrogens (tertiary/aromatic N) is 1. The van der Waals surface area contributed by atoms with Gasteiger partial charge < -0.3 is 14.8 Å². The van der Waals surface area contributed by atoms with Crippen LogP contribution >= 0.6 is 22.7 Å². The van der Waals surface area contributed by atoms with Crippen LogP contribution in [0.15, 0.2) is 40.4 Å². The second-order valence-electron chi connectivity index (χ2n) is 7.19. The monoisotopic (exact) mass is 444 g/mol. The number of amides is 1. The number of thiophene rings is 1. The Morgan fingerprint density at radius 2 is 1.87 bits per heavy atom. The van der Waals surface area contributed by atoms with E-state index in [4.69, 9.17) is 9.47 Å². The molecular formula is C23H28N2O3S2. The maximum atomic E-state index is 12.8. The summed E-state index contributed by atoms with van der Waals surface area (Å²) in [6.07, 6.45) is 0.263. The van der Waals surface area contributed by atoms with Crippen molar-refractivity contribution < 1.29 is 14.3 Å². The zero-order valence-corrected chi connectivity index (χ0v) is 19.4. The van der Waals surface area contributed by atoms with Crippen LogP contribution < -0.4 is 14.8 Å². The Hall–Kier alpha value is -2.38. The number of rotatable bonds is 10. The predicted octanol–water partition coefficient (Wildman–Crippen LogP) is 5.73. The zero-order chi connectivity index (χ0) is 21.5. The lowest BCUT2D eigenvalue weighted by molar-refractivity contribution is -0.121. The summed E-state index contributed by atoms with van der Waals surface area (Å²) < 4.78 is 11.4. The molecule has 0 saturated heterocycles. The number of thiazole rings is 1. The Morgan fingerprint density at radius 1 is 1.10 bits per heavy atom. The molecule has 0 aliphatic rings. The fourth-order valence-corrected chi connectivity index (χ4v) is 4.72. The van der Waals surface area contributed by atoms with E-state index in [9.17, 15) is 4.79 Å². The van der Waals surface area contributed by atoms with Crippen LogP contribution in [0.4, 0.5) is 0 Å². The Balaban J connectivity index is 1.72. The average molecular weight is 445 g/mol. The number of carbonyl (C=O) groups is 1. The van der Waals surface area contributed by atoms with Gasteiger partial charge in [-0.3, -0.25) is 4.79 Å². The molecule has 0 fully saturated rings. The number of benzene rings is 1. The van der Waals surface area contributed by atoms with E-state index in [0.717, 1.165) is 27.6 Å². The predicted molar refractivity (Wildman–Crippen MR) is 124 cm³/mol. The van der Waals surface area contributed by atoms with E-state index >= 15 is 0 Å². The largest absolute Gasteiger partial charge is 0.490 e. The highest BCUT2D eigenvalue weighted by Gasteiger charge is 2.21. The van der Waals surface area contributed by atoms with Crippen molar-refractivity contribution in [3.8, 4) is 22.1 Å². The molecule has 0 bridgehead atoms. The summed E-state index contributed by atoms with van der Waals surface area (Å²) in [4.78, 5) is 17.4. The number of aromatic nitrogens is 1. The van der Waals surface area contributed by atoms with Gasteiger partial charge in [-0.2, -0.15) is 11.3 Å². The van der Waals surface area contributed by atoms with E-state index in [1.54, 1.807) is 22.7 Å². The number of carbonyl (C=O) groups excluding carboxylic acids is 1. The van der Waals surface area contributed by atoms with Crippen molar-refractivity contribution in [1.29, 1.82) is 0 Å². The Kier molecular flexibility index (Phi) is 7.87. The van der Waals surface area contributed by atoms with Crippen LogP contribution in [-0.2, 0) is 11.2 Å². The van der Waals surface area contributed by atoms with Gasteiger partial charge in [-0.05, 0) is 48.9 Å². The molecule has 1 atom stereocenters. The van der Waals surface area contributed by atoms with Gasteiger partial charge in [-0.1, -0.05) is 19.9 Å². The van der Waals surface area contributed by atoms with E-state index in [2.05, 4.69) is 29.5 Å². The molecule has 5 nitrogen and oxygen atoms in total. The summed E-state index contributed by atoms with van der Waals surface area (Å²) in [5.41, 5.74) is 2.90. The van der Waals surface area contributed by atoms with Crippen LogP contribution in [0.5, 0.6) is 11.5 Å². The van der Waals surface area contributed by atoms with Crippen molar-refractivity contribution in [3.05, 3.63) is 51.7 Å². The van der Waals surface area contributed by atoms with Gasteiger partial charge in [0.15, 0.2) is 11.5 Å². The Labute approximate surface area is 186 Å². The van der Waals surface area contributed by atoms with Crippen LogP contribution in [0, 0.1) is 5.92 Å². The second-order valence-corrected chi connectivity index (χ2v) is 8.83. The molecule has 1 amide bonds. The number of hydrogen-bond acceptors (Lipinski definition) is 6. The highest BCUT2D eigenvalue weighted by atomic mass is 32.1. The molecule has 160 valence electrons. The van der Waals surface area contributed by atoms with E-state index in [-0.39, 0.29) is 24.3 Å². The standard InChI is InChI=1S/C23H28N2O3S2/c1-5-27-19-8-7-16(11-20(19)28-6-2)22(15(3)4)25-21(26)12-18-14-30-23(24-18)17-9-10-29-13-17/h7-11,13-15,22H,5-6,12H2,1-4H3,(H,25,26). The lowest BCUT2D eigenvalue weighted by atomic mass is 9.95. The lowest BCUT2D eigenvalue weighted by Gasteiger charge is -2.24. The summed E-state index contributed by atoms with van der Waals surface area (Å²) in [5, 5.41) is 10.2. The molecule has 3 aromatic rings. The van der Waals surface area contributed by atoms with Crippen molar-refractivity contribution in [2.75, 3.05) is 13.2 Å². The lowest BCUT2D eigenvalue weighted by Crippen LogP contribution is -2.33. The minimum atomic E-state index is -0.123. The van der Waals surface area contributed by atoms with Gasteiger partial charge in [0.05, 0.1) is 31.4 Å². The molecule has 1 aromatic carbocycles. The average Bonchev–Trinajstić information content (AvgIpc) is 3.39. The molecule has 3 rings (SSSR count). The Morgan fingerprint density at radius 3 is 2.53 bits per heavy atom. The molecule has 2 aromatic heterocycles. The third kappa shape index (κ3) is 5.61. The van der Waals surface area contributed by atoms with Gasteiger partial charge in [-0.15, -0.1) is 11.3 Å². The first-order valence-corrected chi connectivity index (χ1v) is 12.0. The van der Waals surface area contributed by atoms with Crippen LogP contribution in [-0.4, -0.2) is 24.1 Å². The van der Waals surface area contributed by atoms with Crippen molar-refractivity contribution >= 4 is 28.6 Å². The van der Waals surface area contributed by atoms with Gasteiger partial charge >= 0.3 is 0 Å². The molecule has 0 aliphatic heterocycles.